The zero-order chi connectivity index (χ0) is 13.2. The number of carbonyl (C=O) groups is 1. The van der Waals surface area contributed by atoms with Crippen molar-refractivity contribution in [1.82, 2.24) is 14.7 Å². The van der Waals surface area contributed by atoms with E-state index in [1.807, 2.05) is 53.2 Å². The standard InChI is InChI=1S/C14H13N3OS/c1-10-13(17-7-3-2-6-12(17)16-10)14(18)15-9-11-5-4-8-19-11/h2-8H,9H2,1H3,(H,15,18). The van der Waals surface area contributed by atoms with E-state index in [-0.39, 0.29) is 5.91 Å². The number of pyridine rings is 1. The monoisotopic (exact) mass is 271 g/mol. The average molecular weight is 271 g/mol. The number of rotatable bonds is 3. The molecule has 1 amide bonds. The van der Waals surface area contributed by atoms with Crippen LogP contribution < -0.4 is 5.32 Å². The van der Waals surface area contributed by atoms with Crippen LogP contribution in [0, 0.1) is 6.92 Å². The highest BCUT2D eigenvalue weighted by Crippen LogP contribution is 2.12. The minimum atomic E-state index is -0.0930. The van der Waals surface area contributed by atoms with Crippen LogP contribution in [-0.2, 0) is 6.54 Å². The van der Waals surface area contributed by atoms with Crippen LogP contribution in [-0.4, -0.2) is 15.3 Å². The van der Waals surface area contributed by atoms with Gasteiger partial charge in [-0.2, -0.15) is 0 Å². The number of aryl methyl sites for hydroxylation is 1. The van der Waals surface area contributed by atoms with Gasteiger partial charge in [0.05, 0.1) is 12.2 Å². The lowest BCUT2D eigenvalue weighted by molar-refractivity contribution is 0.0945. The van der Waals surface area contributed by atoms with E-state index in [2.05, 4.69) is 10.3 Å². The fourth-order valence-electron chi connectivity index (χ4n) is 2.05. The third-order valence-electron chi connectivity index (χ3n) is 2.92. The Morgan fingerprint density at radius 2 is 2.26 bits per heavy atom. The molecule has 1 N–H and O–H groups in total. The van der Waals surface area contributed by atoms with Gasteiger partial charge in [-0.25, -0.2) is 4.98 Å². The summed E-state index contributed by atoms with van der Waals surface area (Å²) in [6.07, 6.45) is 1.86. The number of nitrogens with zero attached hydrogens (tertiary/aromatic N) is 2. The molecule has 0 aliphatic carbocycles. The molecule has 0 spiro atoms. The molecule has 0 fully saturated rings. The highest BCUT2D eigenvalue weighted by molar-refractivity contribution is 7.09. The van der Waals surface area contributed by atoms with Crippen molar-refractivity contribution in [2.75, 3.05) is 0 Å². The molecule has 0 radical (unpaired) electrons. The van der Waals surface area contributed by atoms with Crippen LogP contribution in [0.3, 0.4) is 0 Å². The Kier molecular flexibility index (Phi) is 3.05. The Morgan fingerprint density at radius 3 is 3.05 bits per heavy atom. The molecule has 0 saturated heterocycles. The molecular weight excluding hydrogens is 258 g/mol. The molecule has 0 saturated carbocycles. The summed E-state index contributed by atoms with van der Waals surface area (Å²) in [5.74, 6) is -0.0930. The molecule has 0 aliphatic rings. The molecule has 0 bridgehead atoms. The van der Waals surface area contributed by atoms with Crippen LogP contribution in [0.5, 0.6) is 0 Å². The van der Waals surface area contributed by atoms with Gasteiger partial charge in [0.2, 0.25) is 0 Å². The first-order valence-corrected chi connectivity index (χ1v) is 6.88. The normalized spacial score (nSPS) is 10.8. The van der Waals surface area contributed by atoms with Gasteiger partial charge in [0.25, 0.3) is 5.91 Å². The number of fused-ring (bicyclic) bond motifs is 1. The minimum Gasteiger partial charge on any atom is -0.346 e. The average Bonchev–Trinajstić information content (AvgIpc) is 3.02. The van der Waals surface area contributed by atoms with Gasteiger partial charge in [0, 0.05) is 11.1 Å². The lowest BCUT2D eigenvalue weighted by atomic mass is 10.3. The lowest BCUT2D eigenvalue weighted by Crippen LogP contribution is -2.24. The van der Waals surface area contributed by atoms with E-state index in [0.29, 0.717) is 12.2 Å². The fraction of sp³-hybridized carbons (Fsp3) is 0.143. The number of hydrogen-bond donors (Lipinski definition) is 1. The highest BCUT2D eigenvalue weighted by Gasteiger charge is 2.15. The first-order valence-electron chi connectivity index (χ1n) is 6.00. The van der Waals surface area contributed by atoms with E-state index in [1.54, 1.807) is 11.3 Å². The first-order chi connectivity index (χ1) is 9.25. The van der Waals surface area contributed by atoms with Gasteiger partial charge in [0.1, 0.15) is 11.3 Å². The maximum Gasteiger partial charge on any atom is 0.270 e. The maximum atomic E-state index is 12.3. The summed E-state index contributed by atoms with van der Waals surface area (Å²) >= 11 is 1.63. The van der Waals surface area contributed by atoms with Crippen LogP contribution in [0.25, 0.3) is 5.65 Å². The van der Waals surface area contributed by atoms with E-state index >= 15 is 0 Å². The Morgan fingerprint density at radius 1 is 1.37 bits per heavy atom. The second-order valence-electron chi connectivity index (χ2n) is 4.24. The maximum absolute atomic E-state index is 12.3. The molecule has 5 heteroatoms. The second-order valence-corrected chi connectivity index (χ2v) is 5.27. The van der Waals surface area contributed by atoms with Crippen LogP contribution >= 0.6 is 11.3 Å². The summed E-state index contributed by atoms with van der Waals surface area (Å²) in [4.78, 5) is 17.8. The third kappa shape index (κ3) is 2.24. The molecule has 3 aromatic rings. The van der Waals surface area contributed by atoms with Gasteiger partial charge in [-0.3, -0.25) is 9.20 Å². The predicted molar refractivity (Wildman–Crippen MR) is 75.4 cm³/mol. The number of imidazole rings is 1. The van der Waals surface area contributed by atoms with Crippen LogP contribution in [0.1, 0.15) is 21.1 Å². The number of thiophene rings is 1. The van der Waals surface area contributed by atoms with Gasteiger partial charge in [-0.05, 0) is 30.5 Å². The highest BCUT2D eigenvalue weighted by atomic mass is 32.1. The van der Waals surface area contributed by atoms with Gasteiger partial charge in [-0.1, -0.05) is 12.1 Å². The number of carbonyl (C=O) groups excluding carboxylic acids is 1. The number of nitrogens with one attached hydrogen (secondary N) is 1. The Balaban J connectivity index is 1.87. The smallest absolute Gasteiger partial charge is 0.270 e. The van der Waals surface area contributed by atoms with Gasteiger partial charge < -0.3 is 5.32 Å². The van der Waals surface area contributed by atoms with E-state index in [0.717, 1.165) is 16.2 Å². The van der Waals surface area contributed by atoms with Gasteiger partial charge in [0.15, 0.2) is 0 Å². The zero-order valence-electron chi connectivity index (χ0n) is 10.5. The quantitative estimate of drug-likeness (QED) is 0.796. The van der Waals surface area contributed by atoms with Crippen molar-refractivity contribution < 1.29 is 4.79 Å². The number of aromatic nitrogens is 2. The zero-order valence-corrected chi connectivity index (χ0v) is 11.3. The summed E-state index contributed by atoms with van der Waals surface area (Å²) in [6, 6.07) is 9.68. The number of amides is 1. The van der Waals surface area contributed by atoms with Crippen molar-refractivity contribution in [2.45, 2.75) is 13.5 Å². The van der Waals surface area contributed by atoms with Crippen molar-refractivity contribution >= 4 is 22.9 Å². The molecule has 0 atom stereocenters. The van der Waals surface area contributed by atoms with Crippen molar-refractivity contribution in [3.05, 3.63) is 58.2 Å². The first kappa shape index (κ1) is 11.9. The summed E-state index contributed by atoms with van der Waals surface area (Å²) in [7, 11) is 0. The van der Waals surface area contributed by atoms with E-state index in [9.17, 15) is 4.79 Å². The van der Waals surface area contributed by atoms with Crippen LogP contribution in [0.15, 0.2) is 41.9 Å². The van der Waals surface area contributed by atoms with Gasteiger partial charge in [-0.15, -0.1) is 11.3 Å². The molecule has 0 aromatic carbocycles. The summed E-state index contributed by atoms with van der Waals surface area (Å²) in [6.45, 7) is 2.41. The summed E-state index contributed by atoms with van der Waals surface area (Å²) in [5.41, 5.74) is 2.14. The SMILES string of the molecule is Cc1nc2ccccn2c1C(=O)NCc1cccs1. The van der Waals surface area contributed by atoms with E-state index < -0.39 is 0 Å². The molecule has 0 aliphatic heterocycles. The molecule has 19 heavy (non-hydrogen) atoms. The Bertz CT molecular complexity index is 715. The summed E-state index contributed by atoms with van der Waals surface area (Å²) < 4.78 is 1.82. The fourth-order valence-corrected chi connectivity index (χ4v) is 2.70. The van der Waals surface area contributed by atoms with E-state index in [1.165, 1.54) is 0 Å². The molecular formula is C14H13N3OS. The van der Waals surface area contributed by atoms with Crippen LogP contribution in [0.2, 0.25) is 0 Å². The minimum absolute atomic E-state index is 0.0930. The van der Waals surface area contributed by atoms with Gasteiger partial charge >= 0.3 is 0 Å². The molecule has 3 rings (SSSR count). The molecule has 96 valence electrons. The second kappa shape index (κ2) is 4.85. The molecule has 3 aromatic heterocycles. The van der Waals surface area contributed by atoms with Crippen molar-refractivity contribution in [3.63, 3.8) is 0 Å². The predicted octanol–water partition coefficient (Wildman–Crippen LogP) is 2.63. The van der Waals surface area contributed by atoms with E-state index in [4.69, 9.17) is 0 Å². The molecule has 0 unspecified atom stereocenters. The van der Waals surface area contributed by atoms with Crippen molar-refractivity contribution in [3.8, 4) is 0 Å². The van der Waals surface area contributed by atoms with Crippen molar-refractivity contribution in [1.29, 1.82) is 0 Å². The largest absolute Gasteiger partial charge is 0.346 e. The number of hydrogen-bond acceptors (Lipinski definition) is 3. The molecule has 4 nitrogen and oxygen atoms in total. The third-order valence-corrected chi connectivity index (χ3v) is 3.80. The lowest BCUT2D eigenvalue weighted by Gasteiger charge is -2.04. The topological polar surface area (TPSA) is 46.4 Å². The Hall–Kier alpha value is -2.14. The van der Waals surface area contributed by atoms with Crippen LogP contribution in [0.4, 0.5) is 0 Å². The molecule has 3 heterocycles. The van der Waals surface area contributed by atoms with Crippen molar-refractivity contribution in [2.24, 2.45) is 0 Å². The summed E-state index contributed by atoms with van der Waals surface area (Å²) in [5, 5.41) is 4.93. The Labute approximate surface area is 114 Å².